The number of aromatic nitrogens is 1. The van der Waals surface area contributed by atoms with Crippen LogP contribution in [0.25, 0.3) is 0 Å². The quantitative estimate of drug-likeness (QED) is 0.141. The lowest BCUT2D eigenvalue weighted by molar-refractivity contribution is -0.143. The summed E-state index contributed by atoms with van der Waals surface area (Å²) in [5, 5.41) is 10.4. The molecule has 0 saturated carbocycles. The number of halogens is 1. The van der Waals surface area contributed by atoms with Gasteiger partial charge in [-0.1, -0.05) is 57.5 Å². The predicted octanol–water partition coefficient (Wildman–Crippen LogP) is 7.43. The van der Waals surface area contributed by atoms with E-state index in [0.717, 1.165) is 16.9 Å². The molecule has 2 aromatic rings. The van der Waals surface area contributed by atoms with Crippen LogP contribution in [-0.2, 0) is 35.0 Å². The molecule has 1 aromatic heterocycles. The molecule has 3 atom stereocenters. The first-order valence-electron chi connectivity index (χ1n) is 15.3. The highest BCUT2D eigenvalue weighted by molar-refractivity contribution is 7.13. The third kappa shape index (κ3) is 14.7. The molecule has 10 nitrogen and oxygen atoms in total. The molecular formula is C35H53ClN2O8S. The van der Waals surface area contributed by atoms with Crippen LogP contribution in [-0.4, -0.2) is 80.7 Å². The lowest BCUT2D eigenvalue weighted by Gasteiger charge is -2.36. The van der Waals surface area contributed by atoms with E-state index in [-0.39, 0.29) is 42.9 Å². The second kappa shape index (κ2) is 21.7. The summed E-state index contributed by atoms with van der Waals surface area (Å²) in [6.07, 6.45) is 5.80. The van der Waals surface area contributed by atoms with E-state index in [4.69, 9.17) is 25.8 Å². The Morgan fingerprint density at radius 3 is 2.26 bits per heavy atom. The zero-order valence-electron chi connectivity index (χ0n) is 29.7. The van der Waals surface area contributed by atoms with Crippen molar-refractivity contribution in [2.45, 2.75) is 73.5 Å². The number of carboxylic acid groups (broad SMARTS) is 1. The Balaban J connectivity index is 0.00000399. The lowest BCUT2D eigenvalue weighted by Crippen LogP contribution is -2.48. The molecule has 0 bridgehead atoms. The summed E-state index contributed by atoms with van der Waals surface area (Å²) < 4.78 is 21.6. The summed E-state index contributed by atoms with van der Waals surface area (Å²) in [6, 6.07) is 5.24. The number of ether oxygens (including phenoxy) is 4. The van der Waals surface area contributed by atoms with Crippen molar-refractivity contribution < 1.29 is 38.4 Å². The molecule has 1 unspecified atom stereocenters. The van der Waals surface area contributed by atoms with E-state index in [0.29, 0.717) is 15.7 Å². The second-order valence-electron chi connectivity index (χ2n) is 11.4. The van der Waals surface area contributed by atoms with Gasteiger partial charge in [-0.3, -0.25) is 9.59 Å². The number of carboxylic acids is 1. The minimum Gasteiger partial charge on any atom is -0.477 e. The first-order chi connectivity index (χ1) is 22.1. The number of amides is 1. The number of thiazole rings is 1. The molecule has 47 heavy (non-hydrogen) atoms. The number of esters is 1. The molecule has 0 fully saturated rings. The lowest BCUT2D eigenvalue weighted by atomic mass is 9.89. The Bertz CT molecular complexity index is 1310. The highest BCUT2D eigenvalue weighted by Crippen LogP contribution is 2.31. The van der Waals surface area contributed by atoms with Gasteiger partial charge in [0, 0.05) is 63.3 Å². The number of rotatable bonds is 16. The maximum Gasteiger partial charge on any atom is 0.347 e. The number of benzene rings is 1. The Kier molecular flexibility index (Phi) is 20.3. The minimum atomic E-state index is -1.09. The average Bonchev–Trinajstić information content (AvgIpc) is 3.50. The number of allylic oxidation sites excluding steroid dienone is 1. The molecule has 2 rings (SSSR count). The molecule has 0 saturated heterocycles. The molecule has 1 aromatic carbocycles. The topological polar surface area (TPSA) is 124 Å². The average molecular weight is 697 g/mol. The summed E-state index contributed by atoms with van der Waals surface area (Å²) in [5.74, 6) is -2.15. The highest BCUT2D eigenvalue weighted by Gasteiger charge is 2.36. The molecule has 0 aliphatic heterocycles. The molecule has 0 aliphatic carbocycles. The molecular weight excluding hydrogens is 644 g/mol. The van der Waals surface area contributed by atoms with E-state index in [2.05, 4.69) is 16.3 Å². The van der Waals surface area contributed by atoms with Gasteiger partial charge in [0.25, 0.3) is 5.91 Å². The Hall–Kier alpha value is -3.09. The van der Waals surface area contributed by atoms with Crippen molar-refractivity contribution in [2.24, 2.45) is 11.3 Å². The maximum absolute atomic E-state index is 14.5. The number of hydrogen-bond donors (Lipinski definition) is 1. The van der Waals surface area contributed by atoms with Crippen molar-refractivity contribution >= 4 is 46.5 Å². The van der Waals surface area contributed by atoms with Gasteiger partial charge in [0.1, 0.15) is 11.0 Å². The van der Waals surface area contributed by atoms with E-state index in [1.54, 1.807) is 50.5 Å². The van der Waals surface area contributed by atoms with Gasteiger partial charge in [-0.25, -0.2) is 9.78 Å². The zero-order chi connectivity index (χ0) is 36.4. The smallest absolute Gasteiger partial charge is 0.347 e. The van der Waals surface area contributed by atoms with Crippen LogP contribution in [0, 0.1) is 18.3 Å². The maximum atomic E-state index is 14.5. The van der Waals surface area contributed by atoms with Crippen LogP contribution in [0.2, 0.25) is 5.02 Å². The van der Waals surface area contributed by atoms with Gasteiger partial charge in [-0.05, 0) is 44.5 Å². The van der Waals surface area contributed by atoms with Crippen molar-refractivity contribution in [3.63, 3.8) is 0 Å². The number of carbonyl (C=O) groups excluding carboxylic acids is 2. The van der Waals surface area contributed by atoms with E-state index in [9.17, 15) is 19.5 Å². The predicted molar refractivity (Wildman–Crippen MR) is 190 cm³/mol. The van der Waals surface area contributed by atoms with Crippen molar-refractivity contribution in [1.29, 1.82) is 0 Å². The summed E-state index contributed by atoms with van der Waals surface area (Å²) in [7, 11) is 4.83. The van der Waals surface area contributed by atoms with E-state index >= 15 is 0 Å². The van der Waals surface area contributed by atoms with Gasteiger partial charge in [0.05, 0.1) is 30.0 Å². The molecule has 1 N–H and O–H groups in total. The Labute approximate surface area is 289 Å². The number of nitrogens with zero attached hydrogens (tertiary/aromatic N) is 2. The Morgan fingerprint density at radius 1 is 1.17 bits per heavy atom. The van der Waals surface area contributed by atoms with Crippen LogP contribution < -0.4 is 4.90 Å². The van der Waals surface area contributed by atoms with Crippen molar-refractivity contribution in [2.75, 3.05) is 46.0 Å². The van der Waals surface area contributed by atoms with Gasteiger partial charge in [-0.15, -0.1) is 17.9 Å². The highest BCUT2D eigenvalue weighted by atomic mass is 35.5. The fraction of sp³-hybridized carbons (Fsp3) is 0.543. The number of aryl methyl sites for hydroxylation is 1. The molecule has 0 radical (unpaired) electrons. The fourth-order valence-corrected chi connectivity index (χ4v) is 5.29. The van der Waals surface area contributed by atoms with Crippen LogP contribution in [0.5, 0.6) is 0 Å². The van der Waals surface area contributed by atoms with Crippen molar-refractivity contribution in [1.82, 2.24) is 4.98 Å². The minimum absolute atomic E-state index is 0.0463. The fourth-order valence-electron chi connectivity index (χ4n) is 4.28. The van der Waals surface area contributed by atoms with Crippen LogP contribution in [0.1, 0.15) is 68.7 Å². The van der Waals surface area contributed by atoms with Gasteiger partial charge < -0.3 is 29.0 Å². The standard InChI is InChI=1S/C31H41ClN2O7S.C2H6O.C2H6/c1-9-11-22(31(7,10-2)39-8)17-40-25(15-27-33-16-26(42-27)29(37)38)28(36)34(18-30(5,6)19-41-21(4)35)24-13-12-23(32)14-20(24)3;1-3-2;1-2/h9-14,16,22,25H,2,15,17-19H2,1,3-8H3,(H,37,38);1-2H3;1-2H3/b11-9-;;/t22-,25-,31?;;/m1../s1. The molecule has 0 aliphatic rings. The summed E-state index contributed by atoms with van der Waals surface area (Å²) in [6.45, 7) is 19.1. The zero-order valence-corrected chi connectivity index (χ0v) is 31.3. The van der Waals surface area contributed by atoms with Crippen LogP contribution in [0.3, 0.4) is 0 Å². The first-order valence-corrected chi connectivity index (χ1v) is 16.5. The Morgan fingerprint density at radius 2 is 1.79 bits per heavy atom. The van der Waals surface area contributed by atoms with Crippen molar-refractivity contribution in [3.05, 3.63) is 69.7 Å². The van der Waals surface area contributed by atoms with Gasteiger partial charge in [0.2, 0.25) is 0 Å². The van der Waals surface area contributed by atoms with E-state index in [1.165, 1.54) is 13.1 Å². The third-order valence-electron chi connectivity index (χ3n) is 6.85. The van der Waals surface area contributed by atoms with Gasteiger partial charge >= 0.3 is 11.9 Å². The summed E-state index contributed by atoms with van der Waals surface area (Å²) in [4.78, 5) is 43.4. The van der Waals surface area contributed by atoms with Gasteiger partial charge in [-0.2, -0.15) is 0 Å². The van der Waals surface area contributed by atoms with Crippen LogP contribution in [0.15, 0.2) is 49.2 Å². The van der Waals surface area contributed by atoms with E-state index in [1.807, 2.05) is 60.6 Å². The third-order valence-corrected chi connectivity index (χ3v) is 8.09. The number of aromatic carboxylic acids is 1. The SMILES string of the molecule is C=CC(C)(OC)[C@H](/C=C\C)CO[C@H](Cc1ncc(C(=O)O)s1)C(=O)N(CC(C)(C)COC(C)=O)c1ccc(Cl)cc1C.CC.COC. The molecule has 1 amide bonds. The van der Waals surface area contributed by atoms with Crippen LogP contribution >= 0.6 is 22.9 Å². The molecule has 1 heterocycles. The molecule has 264 valence electrons. The molecule has 0 spiro atoms. The second-order valence-corrected chi connectivity index (χ2v) is 12.9. The monoisotopic (exact) mass is 696 g/mol. The van der Waals surface area contributed by atoms with Gasteiger partial charge in [0.15, 0.2) is 0 Å². The van der Waals surface area contributed by atoms with Crippen molar-refractivity contribution in [3.8, 4) is 0 Å². The molecule has 12 heteroatoms. The normalized spacial score (nSPS) is 13.6. The van der Waals surface area contributed by atoms with Crippen LogP contribution in [0.4, 0.5) is 5.69 Å². The number of methoxy groups -OCH3 is 2. The number of anilines is 1. The number of hydrogen-bond acceptors (Lipinski definition) is 9. The first kappa shape index (κ1) is 43.9. The summed E-state index contributed by atoms with van der Waals surface area (Å²) in [5.41, 5.74) is -0.000583. The largest absolute Gasteiger partial charge is 0.477 e. The van der Waals surface area contributed by atoms with E-state index < -0.39 is 29.1 Å². The summed E-state index contributed by atoms with van der Waals surface area (Å²) >= 11 is 7.23. The number of carbonyl (C=O) groups is 3.